The van der Waals surface area contributed by atoms with Crippen LogP contribution in [0.2, 0.25) is 0 Å². The molecule has 202 valence electrons. The summed E-state index contributed by atoms with van der Waals surface area (Å²) in [7, 11) is 1.52. The van der Waals surface area contributed by atoms with Crippen molar-refractivity contribution in [3.8, 4) is 0 Å². The van der Waals surface area contributed by atoms with Gasteiger partial charge in [-0.15, -0.1) is 0 Å². The Hall–Kier alpha value is -2.31. The first-order chi connectivity index (χ1) is 17.1. The Bertz CT molecular complexity index is 1230. The van der Waals surface area contributed by atoms with Crippen molar-refractivity contribution >= 4 is 11.6 Å². The molecule has 1 N–H and O–H groups in total. The minimum atomic E-state index is -1.06. The van der Waals surface area contributed by atoms with Crippen molar-refractivity contribution in [2.45, 2.75) is 92.3 Å². The van der Waals surface area contributed by atoms with Crippen LogP contribution in [-0.2, 0) is 19.9 Å². The van der Waals surface area contributed by atoms with E-state index in [2.05, 4.69) is 27.7 Å². The molecule has 0 bridgehead atoms. The number of ketones is 2. The van der Waals surface area contributed by atoms with Crippen LogP contribution >= 0.6 is 0 Å². The van der Waals surface area contributed by atoms with Crippen molar-refractivity contribution in [2.75, 3.05) is 7.11 Å². The van der Waals surface area contributed by atoms with Gasteiger partial charge in [0.2, 0.25) is 0 Å². The van der Waals surface area contributed by atoms with Gasteiger partial charge in [-0.05, 0) is 86.5 Å². The van der Waals surface area contributed by atoms with Crippen molar-refractivity contribution in [1.82, 2.24) is 0 Å². The number of ether oxygens (including phenoxy) is 1. The maximum absolute atomic E-state index is 13.5. The molecular formula is C31H42O6. The average Bonchev–Trinajstić information content (AvgIpc) is 3.12. The van der Waals surface area contributed by atoms with E-state index in [1.165, 1.54) is 7.11 Å². The SMILES string of the molecule is COC(C)(C=CC(O)C(C)=C1C(=O)CC2C1(C)CCC1C(C)(C)C(=O)CCC12C)c1ccc(C)c(=O)o1. The largest absolute Gasteiger partial charge is 0.424 e. The number of methoxy groups -OCH3 is 1. The third kappa shape index (κ3) is 4.21. The molecule has 0 aromatic carbocycles. The van der Waals surface area contributed by atoms with Crippen LogP contribution in [0.5, 0.6) is 0 Å². The molecule has 4 rings (SSSR count). The Morgan fingerprint density at radius 1 is 1.16 bits per heavy atom. The highest BCUT2D eigenvalue weighted by Crippen LogP contribution is 2.68. The highest BCUT2D eigenvalue weighted by Gasteiger charge is 2.64. The van der Waals surface area contributed by atoms with Crippen molar-refractivity contribution in [3.05, 3.63) is 57.2 Å². The summed E-state index contributed by atoms with van der Waals surface area (Å²) in [5.74, 6) is 1.17. The van der Waals surface area contributed by atoms with Gasteiger partial charge in [0.25, 0.3) is 0 Å². The lowest BCUT2D eigenvalue weighted by atomic mass is 9.43. The van der Waals surface area contributed by atoms with Gasteiger partial charge in [0, 0.05) is 36.5 Å². The lowest BCUT2D eigenvalue weighted by molar-refractivity contribution is -0.154. The molecule has 6 heteroatoms. The van der Waals surface area contributed by atoms with Gasteiger partial charge in [-0.3, -0.25) is 9.59 Å². The number of fused-ring (bicyclic) bond motifs is 3. The molecule has 6 nitrogen and oxygen atoms in total. The zero-order chi connectivity index (χ0) is 27.6. The van der Waals surface area contributed by atoms with Crippen LogP contribution in [0.3, 0.4) is 0 Å². The number of aryl methyl sites for hydroxylation is 1. The average molecular weight is 511 g/mol. The molecule has 3 aliphatic carbocycles. The number of Topliss-reactive ketones (excluding diaryl/α,β-unsaturated/α-hetero) is 2. The van der Waals surface area contributed by atoms with E-state index >= 15 is 0 Å². The van der Waals surface area contributed by atoms with E-state index < -0.39 is 17.3 Å². The molecule has 0 saturated heterocycles. The molecule has 1 heterocycles. The fraction of sp³-hybridized carbons (Fsp3) is 0.645. The summed E-state index contributed by atoms with van der Waals surface area (Å²) in [6, 6.07) is 3.38. The molecule has 1 aromatic rings. The second kappa shape index (κ2) is 9.16. The predicted octanol–water partition coefficient (Wildman–Crippen LogP) is 5.44. The first kappa shape index (κ1) is 27.7. The normalized spacial score (nSPS) is 35.2. The Morgan fingerprint density at radius 3 is 2.46 bits per heavy atom. The number of allylic oxidation sites excluding steroid dienone is 1. The number of hydrogen-bond donors (Lipinski definition) is 1. The monoisotopic (exact) mass is 510 g/mol. The third-order valence-corrected chi connectivity index (χ3v) is 10.4. The smallest absolute Gasteiger partial charge is 0.338 e. The Balaban J connectivity index is 1.67. The molecule has 0 aliphatic heterocycles. The summed E-state index contributed by atoms with van der Waals surface area (Å²) >= 11 is 0. The maximum atomic E-state index is 13.5. The summed E-state index contributed by atoms with van der Waals surface area (Å²) < 4.78 is 11.1. The molecule has 0 amide bonds. The van der Waals surface area contributed by atoms with Crippen LogP contribution in [0.1, 0.15) is 85.0 Å². The molecule has 3 fully saturated rings. The minimum Gasteiger partial charge on any atom is -0.424 e. The van der Waals surface area contributed by atoms with Gasteiger partial charge in [-0.25, -0.2) is 4.79 Å². The second-order valence-electron chi connectivity index (χ2n) is 12.8. The second-order valence-corrected chi connectivity index (χ2v) is 12.8. The fourth-order valence-electron chi connectivity index (χ4n) is 7.95. The lowest BCUT2D eigenvalue weighted by Gasteiger charge is -2.60. The van der Waals surface area contributed by atoms with E-state index in [4.69, 9.17) is 9.15 Å². The zero-order valence-electron chi connectivity index (χ0n) is 23.6. The molecular weight excluding hydrogens is 468 g/mol. The van der Waals surface area contributed by atoms with Crippen LogP contribution in [-0.4, -0.2) is 29.9 Å². The highest BCUT2D eigenvalue weighted by molar-refractivity contribution is 6.00. The van der Waals surface area contributed by atoms with Gasteiger partial charge in [0.05, 0.1) is 6.10 Å². The zero-order valence-corrected chi connectivity index (χ0v) is 23.6. The highest BCUT2D eigenvalue weighted by atomic mass is 16.5. The molecule has 3 saturated carbocycles. The van der Waals surface area contributed by atoms with E-state index in [0.29, 0.717) is 35.5 Å². The van der Waals surface area contributed by atoms with E-state index in [1.807, 2.05) is 6.92 Å². The summed E-state index contributed by atoms with van der Waals surface area (Å²) in [6.45, 7) is 13.9. The van der Waals surface area contributed by atoms with E-state index in [0.717, 1.165) is 24.8 Å². The quantitative estimate of drug-likeness (QED) is 0.419. The Morgan fingerprint density at radius 2 is 1.84 bits per heavy atom. The molecule has 1 aromatic heterocycles. The van der Waals surface area contributed by atoms with Crippen molar-refractivity contribution in [1.29, 1.82) is 0 Å². The summed E-state index contributed by atoms with van der Waals surface area (Å²) in [5, 5.41) is 11.2. The molecule has 0 spiro atoms. The first-order valence-electron chi connectivity index (χ1n) is 13.4. The van der Waals surface area contributed by atoms with E-state index in [9.17, 15) is 19.5 Å². The van der Waals surface area contributed by atoms with Crippen molar-refractivity contribution in [3.63, 3.8) is 0 Å². The van der Waals surface area contributed by atoms with E-state index in [1.54, 1.807) is 38.1 Å². The molecule has 6 atom stereocenters. The Kier molecular flexibility index (Phi) is 6.86. The summed E-state index contributed by atoms with van der Waals surface area (Å²) in [5.41, 5.74) is -0.406. The molecule has 0 radical (unpaired) electrons. The van der Waals surface area contributed by atoms with Crippen LogP contribution in [0.4, 0.5) is 0 Å². The minimum absolute atomic E-state index is 0.0967. The Labute approximate surface area is 220 Å². The standard InChI is InChI=1S/C31H42O6/c1-18-9-10-25(37-27(18)35)31(7,36-8)16-11-20(32)19(2)26-21(33)17-23-29(5)15-13-24(34)28(3,4)22(29)12-14-30(23,26)6/h9-11,16,20,22-23,32H,12-15,17H2,1-8H3. The third-order valence-electron chi connectivity index (χ3n) is 10.4. The topological polar surface area (TPSA) is 93.8 Å². The fourth-order valence-corrected chi connectivity index (χ4v) is 7.95. The van der Waals surface area contributed by atoms with Gasteiger partial charge < -0.3 is 14.3 Å². The predicted molar refractivity (Wildman–Crippen MR) is 142 cm³/mol. The number of rotatable bonds is 5. The maximum Gasteiger partial charge on any atom is 0.338 e. The van der Waals surface area contributed by atoms with Crippen LogP contribution in [0.15, 0.2) is 44.6 Å². The van der Waals surface area contributed by atoms with Crippen molar-refractivity contribution < 1.29 is 23.8 Å². The number of hydrogen-bond acceptors (Lipinski definition) is 6. The van der Waals surface area contributed by atoms with Crippen molar-refractivity contribution in [2.24, 2.45) is 28.1 Å². The number of carbonyl (C=O) groups excluding carboxylic acids is 2. The van der Waals surface area contributed by atoms with Gasteiger partial charge in [0.15, 0.2) is 5.78 Å². The van der Waals surface area contributed by atoms with Gasteiger partial charge in [-0.2, -0.15) is 0 Å². The lowest BCUT2D eigenvalue weighted by Crippen LogP contribution is -2.56. The van der Waals surface area contributed by atoms with Crippen LogP contribution in [0.25, 0.3) is 0 Å². The first-order valence-corrected chi connectivity index (χ1v) is 13.4. The summed E-state index contributed by atoms with van der Waals surface area (Å²) in [6.07, 6.45) is 5.87. The summed E-state index contributed by atoms with van der Waals surface area (Å²) in [4.78, 5) is 38.4. The number of aliphatic hydroxyl groups is 1. The number of aliphatic hydroxyl groups excluding tert-OH is 1. The molecule has 3 aliphatic rings. The van der Waals surface area contributed by atoms with Crippen LogP contribution in [0, 0.1) is 35.0 Å². The molecule has 6 unspecified atom stereocenters. The number of carbonyl (C=O) groups is 2. The van der Waals surface area contributed by atoms with E-state index in [-0.39, 0.29) is 33.9 Å². The van der Waals surface area contributed by atoms with Gasteiger partial charge in [-0.1, -0.05) is 33.8 Å². The van der Waals surface area contributed by atoms with Crippen LogP contribution < -0.4 is 5.63 Å². The van der Waals surface area contributed by atoms with Gasteiger partial charge in [0.1, 0.15) is 17.1 Å². The molecule has 37 heavy (non-hydrogen) atoms. The van der Waals surface area contributed by atoms with Gasteiger partial charge >= 0.3 is 5.63 Å².